The molecule has 0 aliphatic rings. The third kappa shape index (κ3) is 7.02. The molecule has 0 bridgehead atoms. The highest BCUT2D eigenvalue weighted by Gasteiger charge is 2.08. The molecule has 2 aromatic carbocycles. The van der Waals surface area contributed by atoms with Gasteiger partial charge >= 0.3 is 18.0 Å². The number of hydrogen-bond donors (Lipinski definition) is 0. The summed E-state index contributed by atoms with van der Waals surface area (Å²) in [4.78, 5) is 23.3. The Bertz CT molecular complexity index is 974. The zero-order valence-corrected chi connectivity index (χ0v) is 15.2. The van der Waals surface area contributed by atoms with E-state index in [2.05, 4.69) is 11.3 Å². The van der Waals surface area contributed by atoms with Crippen molar-refractivity contribution in [3.8, 4) is 17.2 Å². The van der Waals surface area contributed by atoms with Crippen LogP contribution in [0.3, 0.4) is 0 Å². The molecule has 2 rings (SSSR count). The van der Waals surface area contributed by atoms with Crippen LogP contribution in [-0.2, 0) is 9.59 Å². The maximum Gasteiger partial charge on any atom is 0.338 e. The summed E-state index contributed by atoms with van der Waals surface area (Å²) in [5.74, 6) is -1.92. The number of halogens is 3. The smallest absolute Gasteiger partial charge is 0.338 e. The fourth-order valence-corrected chi connectivity index (χ4v) is 1.91. The molecule has 0 heterocycles. The summed E-state index contributed by atoms with van der Waals surface area (Å²) in [5.41, 5.74) is 0.239. The van der Waals surface area contributed by atoms with E-state index >= 15 is 0 Å². The molecule has 0 fully saturated rings. The first-order valence-corrected chi connectivity index (χ1v) is 8.09. The summed E-state index contributed by atoms with van der Waals surface area (Å²) in [6.45, 7) is 4.89. The van der Waals surface area contributed by atoms with E-state index < -0.39 is 23.8 Å². The number of esters is 2. The molecule has 5 nitrogen and oxygen atoms in total. The quantitative estimate of drug-likeness (QED) is 0.280. The molecule has 0 aliphatic carbocycles. The van der Waals surface area contributed by atoms with E-state index in [0.29, 0.717) is 0 Å². The third-order valence-corrected chi connectivity index (χ3v) is 3.26. The highest BCUT2D eigenvalue weighted by atomic mass is 19.3. The molecule has 29 heavy (non-hydrogen) atoms. The molecule has 0 radical (unpaired) electrons. The minimum absolute atomic E-state index is 0.0000203. The summed E-state index contributed by atoms with van der Waals surface area (Å²) < 4.78 is 52.5. The van der Waals surface area contributed by atoms with Gasteiger partial charge in [-0.2, -0.15) is 8.78 Å². The lowest BCUT2D eigenvalue weighted by molar-refractivity contribution is -0.130. The Hall–Kier alpha value is -3.81. The van der Waals surface area contributed by atoms with Gasteiger partial charge in [-0.3, -0.25) is 0 Å². The van der Waals surface area contributed by atoms with Crippen molar-refractivity contribution >= 4 is 18.0 Å². The normalized spacial score (nSPS) is 10.3. The molecule has 0 unspecified atom stereocenters. The zero-order chi connectivity index (χ0) is 21.4. The lowest BCUT2D eigenvalue weighted by Gasteiger charge is -2.05. The first-order chi connectivity index (χ1) is 13.7. The largest absolute Gasteiger partial charge is 0.459 e. The Morgan fingerprint density at radius 2 is 1.59 bits per heavy atom. The number of ether oxygens (including phenoxy) is 3. The summed E-state index contributed by atoms with van der Waals surface area (Å²) in [5, 5.41) is 0. The van der Waals surface area contributed by atoms with Crippen molar-refractivity contribution in [2.24, 2.45) is 0 Å². The lowest BCUT2D eigenvalue weighted by atomic mass is 10.2. The highest BCUT2D eigenvalue weighted by Crippen LogP contribution is 2.20. The van der Waals surface area contributed by atoms with Crippen LogP contribution in [0.15, 0.2) is 73.0 Å². The van der Waals surface area contributed by atoms with Crippen LogP contribution in [0.1, 0.15) is 12.5 Å². The van der Waals surface area contributed by atoms with E-state index in [4.69, 9.17) is 9.47 Å². The van der Waals surface area contributed by atoms with Gasteiger partial charge in [-0.15, -0.1) is 0 Å². The highest BCUT2D eigenvalue weighted by molar-refractivity contribution is 5.89. The molecular formula is C21H15F3O5. The Balaban J connectivity index is 1.97. The van der Waals surface area contributed by atoms with Crippen molar-refractivity contribution < 1.29 is 37.0 Å². The predicted octanol–water partition coefficient (Wildman–Crippen LogP) is 5.04. The molecule has 0 amide bonds. The maximum atomic E-state index is 14.1. The summed E-state index contributed by atoms with van der Waals surface area (Å²) in [7, 11) is 0. The second kappa shape index (κ2) is 9.93. The molecule has 150 valence electrons. The fraction of sp³-hybridized carbons (Fsp3) is 0.0476. The van der Waals surface area contributed by atoms with Gasteiger partial charge in [0.1, 0.15) is 23.1 Å². The van der Waals surface area contributed by atoms with E-state index in [1.807, 2.05) is 0 Å². The van der Waals surface area contributed by atoms with Gasteiger partial charge in [-0.1, -0.05) is 6.58 Å². The Kier molecular flexibility index (Phi) is 7.36. The molecule has 0 N–H and O–H groups in total. The van der Waals surface area contributed by atoms with Crippen LogP contribution in [0, 0.1) is 5.82 Å². The molecule has 0 spiro atoms. The number of carbonyl (C=O) groups is 2. The predicted molar refractivity (Wildman–Crippen MR) is 98.9 cm³/mol. The van der Waals surface area contributed by atoms with E-state index in [9.17, 15) is 22.8 Å². The van der Waals surface area contributed by atoms with Gasteiger partial charge < -0.3 is 14.2 Å². The van der Waals surface area contributed by atoms with E-state index in [1.54, 1.807) is 0 Å². The van der Waals surface area contributed by atoms with Gasteiger partial charge in [0.05, 0.1) is 0 Å². The monoisotopic (exact) mass is 404 g/mol. The van der Waals surface area contributed by atoms with Gasteiger partial charge in [0.2, 0.25) is 0 Å². The molecular weight excluding hydrogens is 389 g/mol. The van der Waals surface area contributed by atoms with Crippen LogP contribution in [0.2, 0.25) is 0 Å². The minimum Gasteiger partial charge on any atom is -0.459 e. The zero-order valence-electron chi connectivity index (χ0n) is 15.2. The van der Waals surface area contributed by atoms with Crippen molar-refractivity contribution in [1.82, 2.24) is 0 Å². The summed E-state index contributed by atoms with van der Waals surface area (Å²) in [6.07, 6.45) is 0.487. The average Bonchev–Trinajstić information content (AvgIpc) is 2.66. The van der Waals surface area contributed by atoms with E-state index in [1.165, 1.54) is 49.4 Å². The topological polar surface area (TPSA) is 61.8 Å². The van der Waals surface area contributed by atoms with Crippen LogP contribution < -0.4 is 14.2 Å². The molecule has 0 atom stereocenters. The summed E-state index contributed by atoms with van der Waals surface area (Å²) in [6, 6.07) is 9.03. The number of benzene rings is 2. The van der Waals surface area contributed by atoms with Crippen molar-refractivity contribution in [2.45, 2.75) is 6.92 Å². The molecule has 2 aromatic rings. The van der Waals surface area contributed by atoms with Crippen LogP contribution in [0.5, 0.6) is 17.2 Å². The third-order valence-electron chi connectivity index (χ3n) is 3.26. The van der Waals surface area contributed by atoms with Gasteiger partial charge in [0.15, 0.2) is 6.26 Å². The van der Waals surface area contributed by atoms with Gasteiger partial charge in [0, 0.05) is 23.3 Å². The first kappa shape index (κ1) is 21.5. The second-order valence-corrected chi connectivity index (χ2v) is 5.60. The Labute approximate surface area is 164 Å². The van der Waals surface area contributed by atoms with Crippen LogP contribution >= 0.6 is 0 Å². The van der Waals surface area contributed by atoms with E-state index in [0.717, 1.165) is 12.1 Å². The molecule has 0 aromatic heterocycles. The van der Waals surface area contributed by atoms with Crippen molar-refractivity contribution in [3.05, 3.63) is 84.4 Å². The molecule has 0 saturated heterocycles. The first-order valence-electron chi connectivity index (χ1n) is 8.09. The van der Waals surface area contributed by atoms with Crippen LogP contribution in [-0.4, -0.2) is 11.9 Å². The van der Waals surface area contributed by atoms with Gasteiger partial charge in [0.25, 0.3) is 0 Å². The minimum atomic E-state index is -1.99. The summed E-state index contributed by atoms with van der Waals surface area (Å²) >= 11 is 0. The van der Waals surface area contributed by atoms with Crippen LogP contribution in [0.4, 0.5) is 13.2 Å². The number of hydrogen-bond acceptors (Lipinski definition) is 5. The number of carbonyl (C=O) groups excluding carboxylic acids is 2. The maximum absolute atomic E-state index is 14.1. The average molecular weight is 404 g/mol. The van der Waals surface area contributed by atoms with Crippen LogP contribution in [0.25, 0.3) is 6.08 Å². The Morgan fingerprint density at radius 1 is 0.966 bits per heavy atom. The molecule has 0 aliphatic heterocycles. The van der Waals surface area contributed by atoms with Crippen molar-refractivity contribution in [1.29, 1.82) is 0 Å². The Morgan fingerprint density at radius 3 is 2.17 bits per heavy atom. The standard InChI is InChI=1S/C21H15F3O5/c1-13(2)21(26)29-17-5-3-14(18(22)11-17)4-10-20(25)28-16-8-6-15(7-9-16)27-12-19(23)24/h3-12H,1H2,2H3/b10-4+. The second-order valence-electron chi connectivity index (χ2n) is 5.60. The van der Waals surface area contributed by atoms with E-state index in [-0.39, 0.29) is 34.6 Å². The molecule has 0 saturated carbocycles. The lowest BCUT2D eigenvalue weighted by Crippen LogP contribution is -2.08. The van der Waals surface area contributed by atoms with Gasteiger partial charge in [-0.25, -0.2) is 14.0 Å². The van der Waals surface area contributed by atoms with Crippen molar-refractivity contribution in [2.75, 3.05) is 0 Å². The SMILES string of the molecule is C=C(C)C(=O)Oc1ccc(/C=C/C(=O)Oc2ccc(OC=C(F)F)cc2)c(F)c1. The van der Waals surface area contributed by atoms with Gasteiger partial charge in [-0.05, 0) is 49.4 Å². The fourth-order valence-electron chi connectivity index (χ4n) is 1.91. The molecule has 8 heteroatoms. The number of rotatable bonds is 7. The van der Waals surface area contributed by atoms with Crippen molar-refractivity contribution in [3.63, 3.8) is 0 Å².